The lowest BCUT2D eigenvalue weighted by Gasteiger charge is -2.08. The molecule has 106 valence electrons. The second-order valence-corrected chi connectivity index (χ2v) is 5.11. The summed E-state index contributed by atoms with van der Waals surface area (Å²) >= 11 is 6.08. The number of phenols is 1. The molecule has 3 rings (SSSR count). The highest BCUT2D eigenvalue weighted by atomic mass is 35.5. The molecule has 0 radical (unpaired) electrons. The molecule has 0 atom stereocenters. The van der Waals surface area contributed by atoms with Gasteiger partial charge in [-0.25, -0.2) is 0 Å². The fourth-order valence-corrected chi connectivity index (χ4v) is 2.52. The molecule has 2 heterocycles. The molecule has 0 spiro atoms. The zero-order valence-corrected chi connectivity index (χ0v) is 12.2. The molecular formula is C16H14ClN3O. The first-order valence-corrected chi connectivity index (χ1v) is 7.05. The van der Waals surface area contributed by atoms with Crippen LogP contribution in [0.2, 0.25) is 5.02 Å². The summed E-state index contributed by atoms with van der Waals surface area (Å²) in [6, 6.07) is 8.80. The molecule has 0 fully saturated rings. The lowest BCUT2D eigenvalue weighted by Crippen LogP contribution is -1.88. The monoisotopic (exact) mass is 299 g/mol. The summed E-state index contributed by atoms with van der Waals surface area (Å²) in [6.07, 6.45) is 4.22. The van der Waals surface area contributed by atoms with Crippen LogP contribution in [0.15, 0.2) is 42.7 Å². The van der Waals surface area contributed by atoms with E-state index in [1.165, 1.54) is 0 Å². The average molecular weight is 300 g/mol. The van der Waals surface area contributed by atoms with Crippen molar-refractivity contribution in [3.8, 4) is 28.1 Å². The van der Waals surface area contributed by atoms with E-state index in [4.69, 9.17) is 11.6 Å². The van der Waals surface area contributed by atoms with E-state index in [1.54, 1.807) is 30.6 Å². The number of rotatable bonds is 3. The van der Waals surface area contributed by atoms with Gasteiger partial charge in [0.05, 0.1) is 0 Å². The van der Waals surface area contributed by atoms with E-state index in [0.717, 1.165) is 28.9 Å². The molecular weight excluding hydrogens is 286 g/mol. The number of nitrogens with zero attached hydrogens (tertiary/aromatic N) is 2. The van der Waals surface area contributed by atoms with Crippen LogP contribution in [0.3, 0.4) is 0 Å². The van der Waals surface area contributed by atoms with Crippen LogP contribution in [0.4, 0.5) is 0 Å². The molecule has 3 aromatic rings. The molecule has 5 heteroatoms. The second-order valence-electron chi connectivity index (χ2n) is 4.68. The number of aromatic nitrogens is 3. The van der Waals surface area contributed by atoms with E-state index in [-0.39, 0.29) is 5.75 Å². The van der Waals surface area contributed by atoms with E-state index in [2.05, 4.69) is 15.2 Å². The molecule has 0 aliphatic carbocycles. The first-order valence-electron chi connectivity index (χ1n) is 6.67. The standard InChI is InChI=1S/C16H14ClN3O/c1-2-13-15(12-9-11(17)3-4-14(12)21)16(20-19-13)10-5-7-18-8-6-10/h3-9,21H,2H2,1H3,(H,19,20). The van der Waals surface area contributed by atoms with Gasteiger partial charge in [0, 0.05) is 39.8 Å². The topological polar surface area (TPSA) is 61.8 Å². The Morgan fingerprint density at radius 1 is 1.19 bits per heavy atom. The number of aromatic hydroxyl groups is 1. The molecule has 1 aromatic carbocycles. The molecule has 0 saturated heterocycles. The molecule has 2 N–H and O–H groups in total. The van der Waals surface area contributed by atoms with Crippen molar-refractivity contribution in [1.29, 1.82) is 0 Å². The van der Waals surface area contributed by atoms with E-state index in [9.17, 15) is 5.11 Å². The third-order valence-corrected chi connectivity index (χ3v) is 3.61. The Balaban J connectivity index is 2.26. The molecule has 0 aliphatic heterocycles. The van der Waals surface area contributed by atoms with Gasteiger partial charge >= 0.3 is 0 Å². The smallest absolute Gasteiger partial charge is 0.123 e. The summed E-state index contributed by atoms with van der Waals surface area (Å²) in [5.74, 6) is 0.186. The average Bonchev–Trinajstić information content (AvgIpc) is 2.94. The van der Waals surface area contributed by atoms with Gasteiger partial charge in [0.1, 0.15) is 11.4 Å². The van der Waals surface area contributed by atoms with Crippen molar-refractivity contribution >= 4 is 11.6 Å². The number of aryl methyl sites for hydroxylation is 1. The molecule has 0 amide bonds. The first-order chi connectivity index (χ1) is 10.2. The molecule has 0 bridgehead atoms. The Hall–Kier alpha value is -2.33. The van der Waals surface area contributed by atoms with Gasteiger partial charge in [0.2, 0.25) is 0 Å². The van der Waals surface area contributed by atoms with Crippen LogP contribution >= 0.6 is 11.6 Å². The number of pyridine rings is 1. The van der Waals surface area contributed by atoms with E-state index >= 15 is 0 Å². The van der Waals surface area contributed by atoms with Gasteiger partial charge in [-0.1, -0.05) is 18.5 Å². The molecule has 2 aromatic heterocycles. The van der Waals surface area contributed by atoms with Crippen molar-refractivity contribution < 1.29 is 5.11 Å². The summed E-state index contributed by atoms with van der Waals surface area (Å²) < 4.78 is 0. The highest BCUT2D eigenvalue weighted by Crippen LogP contribution is 2.39. The van der Waals surface area contributed by atoms with Gasteiger partial charge in [-0.2, -0.15) is 5.10 Å². The maximum absolute atomic E-state index is 10.2. The van der Waals surface area contributed by atoms with Crippen LogP contribution in [0, 0.1) is 0 Å². The summed E-state index contributed by atoms with van der Waals surface area (Å²) in [4.78, 5) is 4.02. The number of H-pyrrole nitrogens is 1. The maximum atomic E-state index is 10.2. The minimum absolute atomic E-state index is 0.186. The van der Waals surface area contributed by atoms with Crippen LogP contribution in [0.25, 0.3) is 22.4 Å². The van der Waals surface area contributed by atoms with Crippen molar-refractivity contribution in [1.82, 2.24) is 15.2 Å². The molecule has 21 heavy (non-hydrogen) atoms. The fourth-order valence-electron chi connectivity index (χ4n) is 2.35. The van der Waals surface area contributed by atoms with Gasteiger partial charge in [-0.15, -0.1) is 0 Å². The Bertz CT molecular complexity index is 768. The Labute approximate surface area is 127 Å². The van der Waals surface area contributed by atoms with Crippen LogP contribution in [-0.4, -0.2) is 20.3 Å². The van der Waals surface area contributed by atoms with Gasteiger partial charge in [0.15, 0.2) is 0 Å². The quantitative estimate of drug-likeness (QED) is 0.766. The van der Waals surface area contributed by atoms with Crippen molar-refractivity contribution in [2.45, 2.75) is 13.3 Å². The molecule has 0 saturated carbocycles. The summed E-state index contributed by atoms with van der Waals surface area (Å²) in [5.41, 5.74) is 4.24. The lowest BCUT2D eigenvalue weighted by molar-refractivity contribution is 0.477. The maximum Gasteiger partial charge on any atom is 0.123 e. The Morgan fingerprint density at radius 2 is 1.95 bits per heavy atom. The van der Waals surface area contributed by atoms with Crippen LogP contribution in [-0.2, 0) is 6.42 Å². The van der Waals surface area contributed by atoms with Crippen molar-refractivity contribution in [3.05, 3.63) is 53.4 Å². The summed E-state index contributed by atoms with van der Waals surface area (Å²) in [5, 5.41) is 18.2. The van der Waals surface area contributed by atoms with Gasteiger partial charge in [0.25, 0.3) is 0 Å². The SMILES string of the molecule is CCc1[nH]nc(-c2ccncc2)c1-c1cc(Cl)ccc1O. The Morgan fingerprint density at radius 3 is 2.67 bits per heavy atom. The second kappa shape index (κ2) is 5.58. The number of hydrogen-bond donors (Lipinski definition) is 2. The number of aromatic amines is 1. The third kappa shape index (κ3) is 2.50. The largest absolute Gasteiger partial charge is 0.507 e. The minimum Gasteiger partial charge on any atom is -0.507 e. The van der Waals surface area contributed by atoms with Crippen LogP contribution in [0.5, 0.6) is 5.75 Å². The van der Waals surface area contributed by atoms with E-state index in [0.29, 0.717) is 10.6 Å². The van der Waals surface area contributed by atoms with Crippen molar-refractivity contribution in [2.24, 2.45) is 0 Å². The predicted molar refractivity (Wildman–Crippen MR) is 83.3 cm³/mol. The van der Waals surface area contributed by atoms with Gasteiger partial charge < -0.3 is 5.11 Å². The highest BCUT2D eigenvalue weighted by Gasteiger charge is 2.18. The summed E-state index contributed by atoms with van der Waals surface area (Å²) in [7, 11) is 0. The van der Waals surface area contributed by atoms with E-state index < -0.39 is 0 Å². The van der Waals surface area contributed by atoms with Crippen LogP contribution < -0.4 is 0 Å². The number of hydrogen-bond acceptors (Lipinski definition) is 3. The van der Waals surface area contributed by atoms with Gasteiger partial charge in [-0.05, 0) is 36.8 Å². The number of nitrogens with one attached hydrogen (secondary N) is 1. The minimum atomic E-state index is 0.186. The van der Waals surface area contributed by atoms with Crippen molar-refractivity contribution in [3.63, 3.8) is 0 Å². The fraction of sp³-hybridized carbons (Fsp3) is 0.125. The lowest BCUT2D eigenvalue weighted by atomic mass is 9.98. The zero-order valence-electron chi connectivity index (χ0n) is 11.5. The molecule has 0 unspecified atom stereocenters. The number of benzene rings is 1. The summed E-state index contributed by atoms with van der Waals surface area (Å²) in [6.45, 7) is 2.04. The Kier molecular flexibility index (Phi) is 3.62. The predicted octanol–water partition coefficient (Wildman–Crippen LogP) is 4.06. The normalized spacial score (nSPS) is 10.8. The van der Waals surface area contributed by atoms with E-state index in [1.807, 2.05) is 19.1 Å². The number of halogens is 1. The number of phenolic OH excluding ortho intramolecular Hbond substituents is 1. The first kappa shape index (κ1) is 13.6. The molecule has 0 aliphatic rings. The van der Waals surface area contributed by atoms with Gasteiger partial charge in [-0.3, -0.25) is 10.1 Å². The van der Waals surface area contributed by atoms with Crippen LogP contribution in [0.1, 0.15) is 12.6 Å². The highest BCUT2D eigenvalue weighted by molar-refractivity contribution is 6.31. The van der Waals surface area contributed by atoms with Crippen molar-refractivity contribution in [2.75, 3.05) is 0 Å². The molecule has 4 nitrogen and oxygen atoms in total. The zero-order chi connectivity index (χ0) is 14.8. The third-order valence-electron chi connectivity index (χ3n) is 3.38.